The summed E-state index contributed by atoms with van der Waals surface area (Å²) in [6, 6.07) is 8.97. The molecule has 5 heteroatoms. The van der Waals surface area contributed by atoms with E-state index in [-0.39, 0.29) is 0 Å². The number of benzene rings is 1. The highest BCUT2D eigenvalue weighted by Crippen LogP contribution is 2.26. The van der Waals surface area contributed by atoms with Crippen LogP contribution in [0.15, 0.2) is 24.3 Å². The molecule has 2 aromatic rings. The molecule has 112 valence electrons. The molecule has 0 amide bonds. The number of hydrogen-bond donors (Lipinski definition) is 2. The Kier molecular flexibility index (Phi) is 3.92. The predicted molar refractivity (Wildman–Crippen MR) is 87.7 cm³/mol. The molecule has 1 aromatic carbocycles. The van der Waals surface area contributed by atoms with Gasteiger partial charge in [0.1, 0.15) is 5.82 Å². The van der Waals surface area contributed by atoms with Crippen molar-refractivity contribution >= 4 is 22.7 Å². The Balaban J connectivity index is 1.92. The standard InChI is InChI=1S/C16H23N5/c1-21(2)16-19-14-6-4-3-5-13(14)15(20-16)18-12-9-7-11(17)8-10-12/h3-6,11-12H,7-10,17H2,1-2H3,(H,18,19,20). The molecule has 1 aromatic heterocycles. The van der Waals surface area contributed by atoms with Crippen LogP contribution in [0.4, 0.5) is 11.8 Å². The number of nitrogens with two attached hydrogens (primary N) is 1. The summed E-state index contributed by atoms with van der Waals surface area (Å²) in [6.45, 7) is 0. The lowest BCUT2D eigenvalue weighted by Crippen LogP contribution is -2.33. The minimum absolute atomic E-state index is 0.363. The summed E-state index contributed by atoms with van der Waals surface area (Å²) in [5.41, 5.74) is 6.96. The van der Waals surface area contributed by atoms with Crippen molar-refractivity contribution in [1.29, 1.82) is 0 Å². The maximum atomic E-state index is 5.98. The number of para-hydroxylation sites is 1. The van der Waals surface area contributed by atoms with Gasteiger partial charge in [-0.3, -0.25) is 0 Å². The maximum absolute atomic E-state index is 5.98. The monoisotopic (exact) mass is 285 g/mol. The van der Waals surface area contributed by atoms with Gasteiger partial charge in [-0.1, -0.05) is 12.1 Å². The predicted octanol–water partition coefficient (Wildman–Crippen LogP) is 2.38. The second-order valence-corrected chi connectivity index (χ2v) is 6.04. The molecule has 5 nitrogen and oxygen atoms in total. The lowest BCUT2D eigenvalue weighted by Gasteiger charge is -2.28. The highest BCUT2D eigenvalue weighted by atomic mass is 15.2. The molecule has 1 aliphatic carbocycles. The molecule has 1 saturated carbocycles. The van der Waals surface area contributed by atoms with E-state index in [4.69, 9.17) is 5.73 Å². The van der Waals surface area contributed by atoms with Crippen molar-refractivity contribution in [1.82, 2.24) is 9.97 Å². The van der Waals surface area contributed by atoms with Crippen molar-refractivity contribution in [2.75, 3.05) is 24.3 Å². The van der Waals surface area contributed by atoms with Gasteiger partial charge in [0, 0.05) is 31.6 Å². The van der Waals surface area contributed by atoms with E-state index >= 15 is 0 Å². The highest BCUT2D eigenvalue weighted by molar-refractivity contribution is 5.90. The van der Waals surface area contributed by atoms with Crippen LogP contribution >= 0.6 is 0 Å². The Hall–Kier alpha value is -1.88. The van der Waals surface area contributed by atoms with Crippen molar-refractivity contribution in [3.05, 3.63) is 24.3 Å². The van der Waals surface area contributed by atoms with Crippen molar-refractivity contribution in [2.45, 2.75) is 37.8 Å². The highest BCUT2D eigenvalue weighted by Gasteiger charge is 2.20. The Morgan fingerprint density at radius 3 is 2.52 bits per heavy atom. The molecule has 1 aliphatic rings. The van der Waals surface area contributed by atoms with Gasteiger partial charge in [-0.25, -0.2) is 4.98 Å². The fraction of sp³-hybridized carbons (Fsp3) is 0.500. The van der Waals surface area contributed by atoms with Gasteiger partial charge in [0.25, 0.3) is 0 Å². The van der Waals surface area contributed by atoms with E-state index in [1.165, 1.54) is 0 Å². The van der Waals surface area contributed by atoms with Gasteiger partial charge < -0.3 is 16.0 Å². The molecule has 0 atom stereocenters. The smallest absolute Gasteiger partial charge is 0.227 e. The Morgan fingerprint density at radius 1 is 1.10 bits per heavy atom. The number of aromatic nitrogens is 2. The zero-order valence-corrected chi connectivity index (χ0v) is 12.7. The van der Waals surface area contributed by atoms with Gasteiger partial charge in [-0.2, -0.15) is 4.98 Å². The number of nitrogens with one attached hydrogen (secondary N) is 1. The molecular weight excluding hydrogens is 262 g/mol. The third kappa shape index (κ3) is 3.08. The fourth-order valence-corrected chi connectivity index (χ4v) is 2.83. The van der Waals surface area contributed by atoms with E-state index in [0.717, 1.165) is 48.4 Å². The van der Waals surface area contributed by atoms with Crippen molar-refractivity contribution in [3.63, 3.8) is 0 Å². The average Bonchev–Trinajstić information content (AvgIpc) is 2.49. The Morgan fingerprint density at radius 2 is 1.81 bits per heavy atom. The summed E-state index contributed by atoms with van der Waals surface area (Å²) in [6.07, 6.45) is 4.38. The van der Waals surface area contributed by atoms with Crippen molar-refractivity contribution in [3.8, 4) is 0 Å². The quantitative estimate of drug-likeness (QED) is 0.906. The molecule has 3 N–H and O–H groups in total. The Labute approximate surface area is 125 Å². The van der Waals surface area contributed by atoms with E-state index in [0.29, 0.717) is 12.1 Å². The number of anilines is 2. The van der Waals surface area contributed by atoms with E-state index in [1.54, 1.807) is 0 Å². The average molecular weight is 285 g/mol. The van der Waals surface area contributed by atoms with Gasteiger partial charge in [-0.05, 0) is 37.8 Å². The van der Waals surface area contributed by atoms with Gasteiger partial charge in [0.2, 0.25) is 5.95 Å². The molecule has 21 heavy (non-hydrogen) atoms. The summed E-state index contributed by atoms with van der Waals surface area (Å²) in [4.78, 5) is 11.2. The van der Waals surface area contributed by atoms with Crippen LogP contribution in [0.1, 0.15) is 25.7 Å². The molecule has 0 spiro atoms. The van der Waals surface area contributed by atoms with Crippen LogP contribution in [0.25, 0.3) is 10.9 Å². The fourth-order valence-electron chi connectivity index (χ4n) is 2.83. The SMILES string of the molecule is CN(C)c1nc(NC2CCC(N)CC2)c2ccccc2n1. The zero-order chi connectivity index (χ0) is 14.8. The van der Waals surface area contributed by atoms with Crippen molar-refractivity contribution in [2.24, 2.45) is 5.73 Å². The summed E-state index contributed by atoms with van der Waals surface area (Å²) < 4.78 is 0. The maximum Gasteiger partial charge on any atom is 0.227 e. The normalized spacial score (nSPS) is 22.2. The molecule has 1 heterocycles. The van der Waals surface area contributed by atoms with Gasteiger partial charge >= 0.3 is 0 Å². The third-order valence-corrected chi connectivity index (χ3v) is 4.10. The summed E-state index contributed by atoms with van der Waals surface area (Å²) in [7, 11) is 3.93. The third-order valence-electron chi connectivity index (χ3n) is 4.10. The molecule has 0 saturated heterocycles. The molecule has 0 radical (unpaired) electrons. The zero-order valence-electron chi connectivity index (χ0n) is 12.7. The molecule has 0 bridgehead atoms. The van der Waals surface area contributed by atoms with Gasteiger partial charge in [0.05, 0.1) is 5.52 Å². The molecule has 1 fully saturated rings. The molecular formula is C16H23N5. The van der Waals surface area contributed by atoms with Crippen LogP contribution in [-0.4, -0.2) is 36.1 Å². The number of nitrogens with zero attached hydrogens (tertiary/aromatic N) is 3. The minimum atomic E-state index is 0.363. The summed E-state index contributed by atoms with van der Waals surface area (Å²) in [5.74, 6) is 1.67. The van der Waals surface area contributed by atoms with Crippen LogP contribution in [0.2, 0.25) is 0 Å². The molecule has 0 aliphatic heterocycles. The largest absolute Gasteiger partial charge is 0.367 e. The van der Waals surface area contributed by atoms with E-state index < -0.39 is 0 Å². The topological polar surface area (TPSA) is 67.1 Å². The van der Waals surface area contributed by atoms with Crippen LogP contribution in [0, 0.1) is 0 Å². The van der Waals surface area contributed by atoms with Crippen LogP contribution in [-0.2, 0) is 0 Å². The Bertz CT molecular complexity index is 617. The second-order valence-electron chi connectivity index (χ2n) is 6.04. The first-order valence-electron chi connectivity index (χ1n) is 7.59. The first kappa shape index (κ1) is 14.1. The first-order valence-corrected chi connectivity index (χ1v) is 7.59. The van der Waals surface area contributed by atoms with Crippen molar-refractivity contribution < 1.29 is 0 Å². The minimum Gasteiger partial charge on any atom is -0.367 e. The van der Waals surface area contributed by atoms with E-state index in [9.17, 15) is 0 Å². The summed E-state index contributed by atoms with van der Waals surface area (Å²) in [5, 5.41) is 4.69. The van der Waals surface area contributed by atoms with E-state index in [1.807, 2.05) is 37.2 Å². The van der Waals surface area contributed by atoms with Crippen LogP contribution in [0.3, 0.4) is 0 Å². The molecule has 0 unspecified atom stereocenters. The van der Waals surface area contributed by atoms with Gasteiger partial charge in [-0.15, -0.1) is 0 Å². The number of fused-ring (bicyclic) bond motifs is 1. The van der Waals surface area contributed by atoms with Crippen LogP contribution < -0.4 is 16.0 Å². The number of rotatable bonds is 3. The molecule has 3 rings (SSSR count). The summed E-state index contributed by atoms with van der Waals surface area (Å²) >= 11 is 0. The van der Waals surface area contributed by atoms with Gasteiger partial charge in [0.15, 0.2) is 0 Å². The lowest BCUT2D eigenvalue weighted by atomic mass is 9.92. The first-order chi connectivity index (χ1) is 10.1. The number of hydrogen-bond acceptors (Lipinski definition) is 5. The van der Waals surface area contributed by atoms with Crippen LogP contribution in [0.5, 0.6) is 0 Å². The lowest BCUT2D eigenvalue weighted by molar-refractivity contribution is 0.410. The van der Waals surface area contributed by atoms with E-state index in [2.05, 4.69) is 21.4 Å². The second kappa shape index (κ2) is 5.85.